The average Bonchev–Trinajstić information content (AvgIpc) is 2.51. The summed E-state index contributed by atoms with van der Waals surface area (Å²) < 4.78 is 0.813. The first-order valence-electron chi connectivity index (χ1n) is 4.35. The van der Waals surface area contributed by atoms with Gasteiger partial charge in [0.15, 0.2) is 0 Å². The van der Waals surface area contributed by atoms with Gasteiger partial charge in [0.2, 0.25) is 0 Å². The number of halogens is 1. The van der Waals surface area contributed by atoms with Crippen molar-refractivity contribution in [3.05, 3.63) is 21.3 Å². The number of hydrogen-bond donors (Lipinski definition) is 2. The van der Waals surface area contributed by atoms with Crippen molar-refractivity contribution in [2.24, 2.45) is 0 Å². The third-order valence-electron chi connectivity index (χ3n) is 1.78. The molecule has 0 aromatic carbocycles. The smallest absolute Gasteiger partial charge is 0.0931 e. The molecule has 0 aliphatic carbocycles. The van der Waals surface area contributed by atoms with Gasteiger partial charge in [0, 0.05) is 18.0 Å². The largest absolute Gasteiger partial charge is 0.392 e. The van der Waals surface area contributed by atoms with Gasteiger partial charge in [-0.25, -0.2) is 0 Å². The molecule has 1 heterocycles. The van der Waals surface area contributed by atoms with Gasteiger partial charge in [0.25, 0.3) is 0 Å². The Morgan fingerprint density at radius 3 is 2.92 bits per heavy atom. The van der Waals surface area contributed by atoms with Crippen LogP contribution < -0.4 is 5.32 Å². The van der Waals surface area contributed by atoms with E-state index in [-0.39, 0.29) is 6.10 Å². The summed E-state index contributed by atoms with van der Waals surface area (Å²) in [6.45, 7) is 3.40. The molecular formula is C9H14ClNOS. The van der Waals surface area contributed by atoms with Crippen LogP contribution in [0, 0.1) is 0 Å². The molecule has 2 nitrogen and oxygen atoms in total. The molecule has 0 radical (unpaired) electrons. The Kier molecular flexibility index (Phi) is 4.73. The Labute approximate surface area is 87.5 Å². The van der Waals surface area contributed by atoms with E-state index >= 15 is 0 Å². The molecule has 0 amide bonds. The van der Waals surface area contributed by atoms with Gasteiger partial charge in [0.05, 0.1) is 10.4 Å². The lowest BCUT2D eigenvalue weighted by molar-refractivity contribution is 0.167. The molecule has 1 rings (SSSR count). The standard InChI is InChI=1S/C9H14ClNOS/c1-2-7(12)5-11-6-8-3-4-9(10)13-8/h3-4,7,11-12H,2,5-6H2,1H3. The van der Waals surface area contributed by atoms with Crippen molar-refractivity contribution in [3.63, 3.8) is 0 Å². The molecule has 13 heavy (non-hydrogen) atoms. The molecule has 0 spiro atoms. The van der Waals surface area contributed by atoms with Crippen molar-refractivity contribution in [2.75, 3.05) is 6.54 Å². The predicted octanol–water partition coefficient (Wildman–Crippen LogP) is 2.26. The van der Waals surface area contributed by atoms with Gasteiger partial charge >= 0.3 is 0 Å². The molecule has 1 unspecified atom stereocenters. The fourth-order valence-corrected chi connectivity index (χ4v) is 2.01. The van der Waals surface area contributed by atoms with Crippen LogP contribution in [-0.2, 0) is 6.54 Å². The van der Waals surface area contributed by atoms with E-state index in [2.05, 4.69) is 5.32 Å². The summed E-state index contributed by atoms with van der Waals surface area (Å²) in [6.07, 6.45) is 0.550. The average molecular weight is 220 g/mol. The van der Waals surface area contributed by atoms with Crippen LogP contribution in [-0.4, -0.2) is 17.8 Å². The van der Waals surface area contributed by atoms with Gasteiger partial charge in [-0.1, -0.05) is 18.5 Å². The van der Waals surface area contributed by atoms with E-state index in [1.54, 1.807) is 11.3 Å². The lowest BCUT2D eigenvalue weighted by Gasteiger charge is -2.07. The van der Waals surface area contributed by atoms with E-state index in [1.807, 2.05) is 19.1 Å². The Bertz CT molecular complexity index is 252. The summed E-state index contributed by atoms with van der Waals surface area (Å²) in [5, 5.41) is 12.4. The number of nitrogens with one attached hydrogen (secondary N) is 1. The maximum Gasteiger partial charge on any atom is 0.0931 e. The summed E-state index contributed by atoms with van der Waals surface area (Å²) in [6, 6.07) is 3.89. The SMILES string of the molecule is CCC(O)CNCc1ccc(Cl)s1. The quantitative estimate of drug-likeness (QED) is 0.797. The van der Waals surface area contributed by atoms with Crippen LogP contribution in [0.4, 0.5) is 0 Å². The zero-order valence-corrected chi connectivity index (χ0v) is 9.16. The van der Waals surface area contributed by atoms with Gasteiger partial charge in [-0.2, -0.15) is 0 Å². The van der Waals surface area contributed by atoms with Crippen LogP contribution in [0.1, 0.15) is 18.2 Å². The summed E-state index contributed by atoms with van der Waals surface area (Å²) >= 11 is 7.34. The predicted molar refractivity (Wildman–Crippen MR) is 57.3 cm³/mol. The van der Waals surface area contributed by atoms with Crippen molar-refractivity contribution in [1.82, 2.24) is 5.32 Å². The van der Waals surface area contributed by atoms with Crippen molar-refractivity contribution < 1.29 is 5.11 Å². The first-order valence-corrected chi connectivity index (χ1v) is 5.54. The molecule has 0 fully saturated rings. The van der Waals surface area contributed by atoms with Crippen LogP contribution in [0.5, 0.6) is 0 Å². The van der Waals surface area contributed by atoms with E-state index < -0.39 is 0 Å². The van der Waals surface area contributed by atoms with E-state index in [0.717, 1.165) is 17.3 Å². The molecule has 74 valence electrons. The second kappa shape index (κ2) is 5.60. The van der Waals surface area contributed by atoms with Crippen LogP contribution in [0.2, 0.25) is 4.34 Å². The topological polar surface area (TPSA) is 32.3 Å². The molecule has 0 aliphatic heterocycles. The number of rotatable bonds is 5. The minimum absolute atomic E-state index is 0.240. The van der Waals surface area contributed by atoms with Crippen molar-refractivity contribution >= 4 is 22.9 Å². The Balaban J connectivity index is 2.20. The minimum Gasteiger partial charge on any atom is -0.392 e. The second-order valence-electron chi connectivity index (χ2n) is 2.90. The monoisotopic (exact) mass is 219 g/mol. The highest BCUT2D eigenvalue weighted by atomic mass is 35.5. The minimum atomic E-state index is -0.240. The van der Waals surface area contributed by atoms with Gasteiger partial charge < -0.3 is 10.4 Å². The molecule has 0 saturated heterocycles. The van der Waals surface area contributed by atoms with Crippen molar-refractivity contribution in [3.8, 4) is 0 Å². The highest BCUT2D eigenvalue weighted by Gasteiger charge is 2.00. The Hall–Kier alpha value is -0.0900. The maximum atomic E-state index is 9.26. The summed E-state index contributed by atoms with van der Waals surface area (Å²) in [4.78, 5) is 1.20. The lowest BCUT2D eigenvalue weighted by atomic mass is 10.3. The van der Waals surface area contributed by atoms with Gasteiger partial charge in [-0.15, -0.1) is 11.3 Å². The molecular weight excluding hydrogens is 206 g/mol. The highest BCUT2D eigenvalue weighted by molar-refractivity contribution is 7.16. The molecule has 1 aromatic heterocycles. The molecule has 0 saturated carbocycles. The van der Waals surface area contributed by atoms with Gasteiger partial charge in [-0.05, 0) is 18.6 Å². The first-order chi connectivity index (χ1) is 6.22. The molecule has 0 aliphatic rings. The highest BCUT2D eigenvalue weighted by Crippen LogP contribution is 2.20. The third kappa shape index (κ3) is 4.09. The zero-order valence-electron chi connectivity index (χ0n) is 7.59. The Morgan fingerprint density at radius 1 is 1.62 bits per heavy atom. The maximum absolute atomic E-state index is 9.26. The van der Waals surface area contributed by atoms with Crippen molar-refractivity contribution in [2.45, 2.75) is 26.0 Å². The number of aliphatic hydroxyl groups excluding tert-OH is 1. The van der Waals surface area contributed by atoms with Crippen molar-refractivity contribution in [1.29, 1.82) is 0 Å². The first kappa shape index (κ1) is 11.0. The number of thiophene rings is 1. The van der Waals surface area contributed by atoms with E-state index in [0.29, 0.717) is 6.54 Å². The fraction of sp³-hybridized carbons (Fsp3) is 0.556. The summed E-state index contributed by atoms with van der Waals surface area (Å²) in [5.74, 6) is 0. The van der Waals surface area contributed by atoms with E-state index in [1.165, 1.54) is 4.88 Å². The molecule has 1 atom stereocenters. The molecule has 0 bridgehead atoms. The Morgan fingerprint density at radius 2 is 2.38 bits per heavy atom. The van der Waals surface area contributed by atoms with Gasteiger partial charge in [0.1, 0.15) is 0 Å². The van der Waals surface area contributed by atoms with Crippen LogP contribution in [0.25, 0.3) is 0 Å². The second-order valence-corrected chi connectivity index (χ2v) is 4.70. The zero-order chi connectivity index (χ0) is 9.68. The van der Waals surface area contributed by atoms with Crippen LogP contribution in [0.15, 0.2) is 12.1 Å². The fourth-order valence-electron chi connectivity index (χ4n) is 0.953. The summed E-state index contributed by atoms with van der Waals surface area (Å²) in [7, 11) is 0. The normalized spacial score (nSPS) is 13.2. The third-order valence-corrected chi connectivity index (χ3v) is 3.01. The number of hydrogen-bond acceptors (Lipinski definition) is 3. The number of aliphatic hydroxyl groups is 1. The molecule has 4 heteroatoms. The summed E-state index contributed by atoms with van der Waals surface area (Å²) in [5.41, 5.74) is 0. The van der Waals surface area contributed by atoms with Crippen LogP contribution in [0.3, 0.4) is 0 Å². The van der Waals surface area contributed by atoms with Crippen LogP contribution >= 0.6 is 22.9 Å². The van der Waals surface area contributed by atoms with E-state index in [4.69, 9.17) is 11.6 Å². The molecule has 1 aromatic rings. The van der Waals surface area contributed by atoms with E-state index in [9.17, 15) is 5.11 Å². The lowest BCUT2D eigenvalue weighted by Crippen LogP contribution is -2.25. The van der Waals surface area contributed by atoms with Gasteiger partial charge in [-0.3, -0.25) is 0 Å². The molecule has 2 N–H and O–H groups in total.